The number of benzene rings is 4. The van der Waals surface area contributed by atoms with Crippen LogP contribution in [0, 0.1) is 6.92 Å². The van der Waals surface area contributed by atoms with E-state index in [1.165, 1.54) is 0 Å². The smallest absolute Gasteiger partial charge is 0.265 e. The molecule has 0 atom stereocenters. The van der Waals surface area contributed by atoms with Crippen LogP contribution in [0.5, 0.6) is 0 Å². The Balaban J connectivity index is 1.50. The highest BCUT2D eigenvalue weighted by Gasteiger charge is 2.17. The Morgan fingerprint density at radius 2 is 1.71 bits per heavy atom. The molecular formula is C28H21BrN4O. The van der Waals surface area contributed by atoms with Gasteiger partial charge in [-0.05, 0) is 65.2 Å². The van der Waals surface area contributed by atoms with Crippen molar-refractivity contribution in [1.82, 2.24) is 15.2 Å². The van der Waals surface area contributed by atoms with Crippen LogP contribution in [0.3, 0.4) is 0 Å². The van der Waals surface area contributed by atoms with E-state index in [0.717, 1.165) is 43.3 Å². The Kier molecular flexibility index (Phi) is 6.06. The van der Waals surface area contributed by atoms with E-state index in [-0.39, 0.29) is 11.6 Å². The molecule has 0 radical (unpaired) electrons. The van der Waals surface area contributed by atoms with Crippen molar-refractivity contribution in [3.8, 4) is 16.9 Å². The van der Waals surface area contributed by atoms with Gasteiger partial charge in [-0.15, -0.1) is 0 Å². The lowest BCUT2D eigenvalue weighted by Gasteiger charge is -2.09. The van der Waals surface area contributed by atoms with E-state index in [4.69, 9.17) is 0 Å². The van der Waals surface area contributed by atoms with Crippen LogP contribution in [-0.2, 0) is 0 Å². The van der Waals surface area contributed by atoms with Crippen molar-refractivity contribution >= 4 is 38.8 Å². The van der Waals surface area contributed by atoms with Gasteiger partial charge in [0.05, 0.1) is 17.6 Å². The molecule has 5 aromatic rings. The van der Waals surface area contributed by atoms with Gasteiger partial charge in [0, 0.05) is 10.0 Å². The molecule has 0 unspecified atom stereocenters. The molecule has 1 amide bonds. The summed E-state index contributed by atoms with van der Waals surface area (Å²) in [5, 5.41) is 11.0. The van der Waals surface area contributed by atoms with Crippen LogP contribution in [0.15, 0.2) is 107 Å². The summed E-state index contributed by atoms with van der Waals surface area (Å²) in [6, 6.07) is 32.0. The molecule has 5 nitrogen and oxygen atoms in total. The third-order valence-electron chi connectivity index (χ3n) is 5.48. The second-order valence-electron chi connectivity index (χ2n) is 7.98. The van der Waals surface area contributed by atoms with Crippen LogP contribution in [0.2, 0.25) is 0 Å². The van der Waals surface area contributed by atoms with Crippen molar-refractivity contribution in [2.45, 2.75) is 6.92 Å². The standard InChI is InChI=1S/C28H21BrN4O/c1-19-5-4-8-25(15-19)33-27(23-12-11-21-6-2-3-7-22(21)16-23)17-26(32-33)28(34)31-30-18-20-9-13-24(29)14-10-20/h2-18H,1H3,(H,31,34)/b30-18-. The van der Waals surface area contributed by atoms with Crippen molar-refractivity contribution < 1.29 is 4.79 Å². The van der Waals surface area contributed by atoms with Crippen molar-refractivity contribution in [2.24, 2.45) is 5.10 Å². The number of hydrazone groups is 1. The number of hydrogen-bond acceptors (Lipinski definition) is 3. The van der Waals surface area contributed by atoms with Gasteiger partial charge < -0.3 is 0 Å². The second kappa shape index (κ2) is 9.45. The Morgan fingerprint density at radius 3 is 2.50 bits per heavy atom. The topological polar surface area (TPSA) is 59.3 Å². The number of aromatic nitrogens is 2. The molecule has 0 aliphatic rings. The molecule has 1 aromatic heterocycles. The highest BCUT2D eigenvalue weighted by Crippen LogP contribution is 2.28. The number of fused-ring (bicyclic) bond motifs is 1. The van der Waals surface area contributed by atoms with Crippen LogP contribution >= 0.6 is 15.9 Å². The molecule has 0 fully saturated rings. The number of rotatable bonds is 5. The summed E-state index contributed by atoms with van der Waals surface area (Å²) in [6.07, 6.45) is 1.60. The summed E-state index contributed by atoms with van der Waals surface area (Å²) in [6.45, 7) is 2.03. The molecule has 0 saturated heterocycles. The molecule has 0 spiro atoms. The number of nitrogens with zero attached hydrogens (tertiary/aromatic N) is 3. The van der Waals surface area contributed by atoms with Crippen molar-refractivity contribution in [2.75, 3.05) is 0 Å². The number of nitrogens with one attached hydrogen (secondary N) is 1. The van der Waals surface area contributed by atoms with Gasteiger partial charge in [-0.1, -0.05) is 76.6 Å². The van der Waals surface area contributed by atoms with E-state index < -0.39 is 0 Å². The van der Waals surface area contributed by atoms with Crippen LogP contribution in [0.25, 0.3) is 27.7 Å². The van der Waals surface area contributed by atoms with Gasteiger partial charge >= 0.3 is 0 Å². The SMILES string of the molecule is Cc1cccc(-n2nc(C(=O)N/N=C\c3ccc(Br)cc3)cc2-c2ccc3ccccc3c2)c1. The highest BCUT2D eigenvalue weighted by atomic mass is 79.9. The summed E-state index contributed by atoms with van der Waals surface area (Å²) in [5.74, 6) is -0.373. The Bertz CT molecular complexity index is 1520. The van der Waals surface area contributed by atoms with Gasteiger partial charge in [-0.3, -0.25) is 4.79 Å². The first-order valence-corrected chi connectivity index (χ1v) is 11.6. The molecule has 4 aromatic carbocycles. The average molecular weight is 509 g/mol. The predicted molar refractivity (Wildman–Crippen MR) is 140 cm³/mol. The first-order chi connectivity index (χ1) is 16.6. The zero-order valence-electron chi connectivity index (χ0n) is 18.4. The van der Waals surface area contributed by atoms with Crippen molar-refractivity contribution in [3.05, 3.63) is 118 Å². The zero-order valence-corrected chi connectivity index (χ0v) is 20.0. The third kappa shape index (κ3) is 4.67. The van der Waals surface area contributed by atoms with E-state index >= 15 is 0 Å². The van der Waals surface area contributed by atoms with E-state index in [0.29, 0.717) is 0 Å². The molecule has 1 heterocycles. The quantitative estimate of drug-likeness (QED) is 0.216. The first-order valence-electron chi connectivity index (χ1n) is 10.8. The number of hydrogen-bond donors (Lipinski definition) is 1. The normalized spacial score (nSPS) is 11.2. The lowest BCUT2D eigenvalue weighted by Crippen LogP contribution is -2.18. The average Bonchev–Trinajstić information content (AvgIpc) is 3.31. The minimum Gasteiger partial charge on any atom is -0.265 e. The second-order valence-corrected chi connectivity index (χ2v) is 8.89. The van der Waals surface area contributed by atoms with Crippen LogP contribution in [0.1, 0.15) is 21.6 Å². The fourth-order valence-corrected chi connectivity index (χ4v) is 4.04. The molecule has 1 N–H and O–H groups in total. The van der Waals surface area contributed by atoms with E-state index in [1.54, 1.807) is 12.3 Å². The van der Waals surface area contributed by atoms with E-state index in [9.17, 15) is 4.79 Å². The highest BCUT2D eigenvalue weighted by molar-refractivity contribution is 9.10. The fraction of sp³-hybridized carbons (Fsp3) is 0.0357. The number of amides is 1. The Morgan fingerprint density at radius 1 is 0.912 bits per heavy atom. The summed E-state index contributed by atoms with van der Waals surface area (Å²) in [7, 11) is 0. The van der Waals surface area contributed by atoms with Gasteiger partial charge in [-0.25, -0.2) is 10.1 Å². The maximum Gasteiger partial charge on any atom is 0.291 e. The van der Waals surface area contributed by atoms with Gasteiger partial charge in [-0.2, -0.15) is 10.2 Å². The molecule has 6 heteroatoms. The van der Waals surface area contributed by atoms with Gasteiger partial charge in [0.1, 0.15) is 0 Å². The number of halogens is 1. The summed E-state index contributed by atoms with van der Waals surface area (Å²) in [4.78, 5) is 12.9. The maximum atomic E-state index is 12.9. The lowest BCUT2D eigenvalue weighted by molar-refractivity contribution is 0.0949. The fourth-order valence-electron chi connectivity index (χ4n) is 3.77. The molecule has 5 rings (SSSR count). The monoisotopic (exact) mass is 508 g/mol. The van der Waals surface area contributed by atoms with E-state index in [1.807, 2.05) is 72.3 Å². The Hall–Kier alpha value is -4.03. The van der Waals surface area contributed by atoms with Gasteiger partial charge in [0.2, 0.25) is 0 Å². The molecular weight excluding hydrogens is 488 g/mol. The largest absolute Gasteiger partial charge is 0.291 e. The zero-order chi connectivity index (χ0) is 23.5. The number of carbonyl (C=O) groups excluding carboxylic acids is 1. The van der Waals surface area contributed by atoms with Crippen LogP contribution in [0.4, 0.5) is 0 Å². The predicted octanol–water partition coefficient (Wildman–Crippen LogP) is 6.53. The molecule has 0 saturated carbocycles. The lowest BCUT2D eigenvalue weighted by atomic mass is 10.0. The third-order valence-corrected chi connectivity index (χ3v) is 6.01. The Labute approximate surface area is 205 Å². The van der Waals surface area contributed by atoms with Crippen molar-refractivity contribution in [1.29, 1.82) is 0 Å². The molecule has 0 bridgehead atoms. The summed E-state index contributed by atoms with van der Waals surface area (Å²) < 4.78 is 2.79. The van der Waals surface area contributed by atoms with Crippen molar-refractivity contribution in [3.63, 3.8) is 0 Å². The van der Waals surface area contributed by atoms with Crippen LogP contribution in [-0.4, -0.2) is 21.9 Å². The number of aryl methyl sites for hydroxylation is 1. The van der Waals surface area contributed by atoms with Gasteiger partial charge in [0.25, 0.3) is 5.91 Å². The molecule has 34 heavy (non-hydrogen) atoms. The maximum absolute atomic E-state index is 12.9. The minimum atomic E-state index is -0.373. The first kappa shape index (κ1) is 21.8. The summed E-state index contributed by atoms with van der Waals surface area (Å²) >= 11 is 3.41. The minimum absolute atomic E-state index is 0.289. The van der Waals surface area contributed by atoms with Crippen LogP contribution < -0.4 is 5.43 Å². The van der Waals surface area contributed by atoms with E-state index in [2.05, 4.69) is 61.9 Å². The summed E-state index contributed by atoms with van der Waals surface area (Å²) in [5.41, 5.74) is 7.57. The molecule has 0 aliphatic heterocycles. The molecule has 166 valence electrons. The van der Waals surface area contributed by atoms with Gasteiger partial charge in [0.15, 0.2) is 5.69 Å². The molecule has 0 aliphatic carbocycles. The number of carbonyl (C=O) groups is 1.